The van der Waals surface area contributed by atoms with E-state index in [2.05, 4.69) is 20.7 Å². The Labute approximate surface area is 128 Å². The molecule has 6 heteroatoms. The first-order valence-electron chi connectivity index (χ1n) is 6.64. The van der Waals surface area contributed by atoms with E-state index in [1.807, 2.05) is 6.07 Å². The van der Waals surface area contributed by atoms with Gasteiger partial charge >= 0.3 is 0 Å². The molecule has 2 unspecified atom stereocenters. The van der Waals surface area contributed by atoms with Crippen LogP contribution in [0.3, 0.4) is 0 Å². The van der Waals surface area contributed by atoms with Gasteiger partial charge in [0.25, 0.3) is 0 Å². The molecule has 1 aromatic rings. The van der Waals surface area contributed by atoms with Gasteiger partial charge in [-0.3, -0.25) is 0 Å². The zero-order valence-corrected chi connectivity index (χ0v) is 13.5. The lowest BCUT2D eigenvalue weighted by Crippen LogP contribution is -2.43. The summed E-state index contributed by atoms with van der Waals surface area (Å²) in [6.07, 6.45) is 4.02. The van der Waals surface area contributed by atoms with Crippen molar-refractivity contribution in [2.24, 2.45) is 0 Å². The lowest BCUT2D eigenvalue weighted by atomic mass is 9.96. The Hall–Kier alpha value is -0.900. The highest BCUT2D eigenvalue weighted by Gasteiger charge is 2.27. The van der Waals surface area contributed by atoms with Crippen LogP contribution in [0.1, 0.15) is 36.8 Å². The molecule has 2 rings (SSSR count). The molecule has 2 atom stereocenters. The minimum Gasteiger partial charge on any atom is -0.212 e. The summed E-state index contributed by atoms with van der Waals surface area (Å²) in [5.41, 5.74) is 0.960. The zero-order valence-electron chi connectivity index (χ0n) is 11.0. The maximum Gasteiger partial charge on any atom is 0.216 e. The van der Waals surface area contributed by atoms with Gasteiger partial charge in [-0.1, -0.05) is 47.0 Å². The first kappa shape index (κ1) is 15.5. The largest absolute Gasteiger partial charge is 0.216 e. The molecule has 0 aromatic heterocycles. The summed E-state index contributed by atoms with van der Waals surface area (Å²) in [6, 6.07) is 8.78. The topological polar surface area (TPSA) is 70.0 Å². The van der Waals surface area contributed by atoms with Crippen molar-refractivity contribution in [2.45, 2.75) is 42.3 Å². The molecule has 0 amide bonds. The van der Waals surface area contributed by atoms with Crippen LogP contribution in [0.4, 0.5) is 0 Å². The van der Waals surface area contributed by atoms with Crippen LogP contribution in [0.25, 0.3) is 0 Å². The molecule has 1 saturated carbocycles. The molecule has 0 radical (unpaired) electrons. The van der Waals surface area contributed by atoms with Gasteiger partial charge in [0.1, 0.15) is 0 Å². The summed E-state index contributed by atoms with van der Waals surface area (Å²) >= 11 is 3.54. The molecule has 108 valence electrons. The van der Waals surface area contributed by atoms with E-state index in [4.69, 9.17) is 5.26 Å². The second-order valence-corrected chi connectivity index (χ2v) is 7.98. The van der Waals surface area contributed by atoms with E-state index in [-0.39, 0.29) is 16.6 Å². The fourth-order valence-electron chi connectivity index (χ4n) is 2.45. The Morgan fingerprint density at radius 1 is 1.30 bits per heavy atom. The summed E-state index contributed by atoms with van der Waals surface area (Å²) in [6.45, 7) is 0. The minimum absolute atomic E-state index is 0.0528. The van der Waals surface area contributed by atoms with Crippen LogP contribution in [-0.2, 0) is 15.8 Å². The first-order chi connectivity index (χ1) is 9.52. The van der Waals surface area contributed by atoms with Gasteiger partial charge in [-0.15, -0.1) is 0 Å². The average molecular weight is 357 g/mol. The number of hydrogen-bond donors (Lipinski definition) is 1. The SMILES string of the molecule is N#Cc1ccccc1CS(=O)(=O)NC1CCCCC1Br. The first-order valence-corrected chi connectivity index (χ1v) is 9.21. The Kier molecular flexibility index (Phi) is 5.19. The van der Waals surface area contributed by atoms with Crippen LogP contribution in [0, 0.1) is 11.3 Å². The molecule has 0 saturated heterocycles. The summed E-state index contributed by atoms with van der Waals surface area (Å²) < 4.78 is 27.2. The number of benzene rings is 1. The van der Waals surface area contributed by atoms with Crippen molar-refractivity contribution in [2.75, 3.05) is 0 Å². The molecule has 4 nitrogen and oxygen atoms in total. The molecule has 20 heavy (non-hydrogen) atoms. The minimum atomic E-state index is -3.43. The monoisotopic (exact) mass is 356 g/mol. The normalized spacial score (nSPS) is 23.2. The van der Waals surface area contributed by atoms with E-state index < -0.39 is 10.0 Å². The third-order valence-corrected chi connectivity index (χ3v) is 5.94. The molecule has 0 spiro atoms. The quantitative estimate of drug-likeness (QED) is 0.843. The Bertz CT molecular complexity index is 610. The summed E-state index contributed by atoms with van der Waals surface area (Å²) in [5, 5.41) is 9.01. The highest BCUT2D eigenvalue weighted by molar-refractivity contribution is 9.09. The number of nitrogens with zero attached hydrogens (tertiary/aromatic N) is 1. The smallest absolute Gasteiger partial charge is 0.212 e. The van der Waals surface area contributed by atoms with E-state index in [1.54, 1.807) is 24.3 Å². The van der Waals surface area contributed by atoms with Crippen molar-refractivity contribution in [3.05, 3.63) is 35.4 Å². The summed E-state index contributed by atoms with van der Waals surface area (Å²) in [5.74, 6) is -0.146. The van der Waals surface area contributed by atoms with Crippen LogP contribution < -0.4 is 4.72 Å². The van der Waals surface area contributed by atoms with Crippen LogP contribution in [0.5, 0.6) is 0 Å². The Morgan fingerprint density at radius 3 is 2.70 bits per heavy atom. The fraction of sp³-hybridized carbons (Fsp3) is 0.500. The molecule has 0 heterocycles. The van der Waals surface area contributed by atoms with E-state index in [0.29, 0.717) is 11.1 Å². The highest BCUT2D eigenvalue weighted by atomic mass is 79.9. The van der Waals surface area contributed by atoms with Gasteiger partial charge in [-0.25, -0.2) is 13.1 Å². The lowest BCUT2D eigenvalue weighted by molar-refractivity contribution is 0.427. The maximum absolute atomic E-state index is 12.2. The van der Waals surface area contributed by atoms with Crippen molar-refractivity contribution >= 4 is 26.0 Å². The number of rotatable bonds is 4. The standard InChI is InChI=1S/C14H17BrN2O2S/c15-13-7-3-4-8-14(13)17-20(18,19)10-12-6-2-1-5-11(12)9-16/h1-2,5-6,13-14,17H,3-4,7-8,10H2. The van der Waals surface area contributed by atoms with Crippen molar-refractivity contribution in [3.63, 3.8) is 0 Å². The van der Waals surface area contributed by atoms with E-state index in [1.165, 1.54) is 0 Å². The summed E-state index contributed by atoms with van der Waals surface area (Å²) in [4.78, 5) is 0.192. The van der Waals surface area contributed by atoms with Gasteiger partial charge in [0, 0.05) is 10.9 Å². The Morgan fingerprint density at radius 2 is 2.00 bits per heavy atom. The van der Waals surface area contributed by atoms with E-state index in [9.17, 15) is 8.42 Å². The average Bonchev–Trinajstić information content (AvgIpc) is 2.41. The third-order valence-electron chi connectivity index (χ3n) is 3.50. The molecule has 0 aliphatic heterocycles. The molecule has 1 aromatic carbocycles. The fourth-order valence-corrected chi connectivity index (χ4v) is 4.83. The van der Waals surface area contributed by atoms with Crippen LogP contribution in [0.2, 0.25) is 0 Å². The zero-order chi connectivity index (χ0) is 14.6. The predicted octanol–water partition coefficient (Wildman–Crippen LogP) is 2.68. The predicted molar refractivity (Wildman–Crippen MR) is 81.9 cm³/mol. The molecular formula is C14H17BrN2O2S. The lowest BCUT2D eigenvalue weighted by Gasteiger charge is -2.28. The molecule has 1 fully saturated rings. The van der Waals surface area contributed by atoms with Crippen molar-refractivity contribution in [1.82, 2.24) is 4.72 Å². The molecule has 1 N–H and O–H groups in total. The summed E-state index contributed by atoms with van der Waals surface area (Å²) in [7, 11) is -3.43. The van der Waals surface area contributed by atoms with Crippen LogP contribution in [0.15, 0.2) is 24.3 Å². The molecule has 1 aliphatic rings. The van der Waals surface area contributed by atoms with Crippen molar-refractivity contribution in [3.8, 4) is 6.07 Å². The second-order valence-electron chi connectivity index (χ2n) is 5.05. The number of alkyl halides is 1. The number of halogens is 1. The Balaban J connectivity index is 2.09. The van der Waals surface area contributed by atoms with Gasteiger partial charge in [-0.05, 0) is 24.5 Å². The van der Waals surface area contributed by atoms with Gasteiger partial charge in [-0.2, -0.15) is 5.26 Å². The highest BCUT2D eigenvalue weighted by Crippen LogP contribution is 2.25. The van der Waals surface area contributed by atoms with Crippen LogP contribution in [-0.4, -0.2) is 19.3 Å². The molecule has 1 aliphatic carbocycles. The van der Waals surface area contributed by atoms with Gasteiger partial charge in [0.15, 0.2) is 0 Å². The number of nitriles is 1. The van der Waals surface area contributed by atoms with Crippen molar-refractivity contribution < 1.29 is 8.42 Å². The van der Waals surface area contributed by atoms with Crippen LogP contribution >= 0.6 is 15.9 Å². The number of sulfonamides is 1. The van der Waals surface area contributed by atoms with E-state index >= 15 is 0 Å². The molecule has 0 bridgehead atoms. The van der Waals surface area contributed by atoms with Crippen molar-refractivity contribution in [1.29, 1.82) is 5.26 Å². The van der Waals surface area contributed by atoms with Gasteiger partial charge < -0.3 is 0 Å². The van der Waals surface area contributed by atoms with Gasteiger partial charge in [0.05, 0.1) is 17.4 Å². The molecular weight excluding hydrogens is 340 g/mol. The van der Waals surface area contributed by atoms with E-state index in [0.717, 1.165) is 25.7 Å². The van der Waals surface area contributed by atoms with Gasteiger partial charge in [0.2, 0.25) is 10.0 Å². The maximum atomic E-state index is 12.2. The number of hydrogen-bond acceptors (Lipinski definition) is 3. The second kappa shape index (κ2) is 6.70. The third kappa shape index (κ3) is 4.05. The number of nitrogens with one attached hydrogen (secondary N) is 1.